The summed E-state index contributed by atoms with van der Waals surface area (Å²) in [6.45, 7) is 6.31. The average Bonchev–Trinajstić information content (AvgIpc) is 3.24. The number of thiophene rings is 1. The Labute approximate surface area is 168 Å². The van der Waals surface area contributed by atoms with Crippen LogP contribution in [0.15, 0.2) is 41.5 Å². The summed E-state index contributed by atoms with van der Waals surface area (Å²) in [6, 6.07) is 10.2. The number of rotatable bonds is 6. The first-order chi connectivity index (χ1) is 11.8. The van der Waals surface area contributed by atoms with E-state index in [9.17, 15) is 0 Å². The third-order valence-corrected chi connectivity index (χ3v) is 4.83. The second-order valence-electron chi connectivity index (χ2n) is 5.32. The number of nitrogens with one attached hydrogen (secondary N) is 2. The van der Waals surface area contributed by atoms with E-state index in [1.54, 1.807) is 0 Å². The van der Waals surface area contributed by atoms with E-state index in [4.69, 9.17) is 0 Å². The predicted octanol–water partition coefficient (Wildman–Crippen LogP) is 3.23. The Balaban J connectivity index is 0.00000225. The molecule has 0 aliphatic rings. The zero-order valence-electron chi connectivity index (χ0n) is 14.4. The number of halogens is 1. The molecule has 3 rings (SSSR count). The van der Waals surface area contributed by atoms with Crippen molar-refractivity contribution in [2.75, 3.05) is 6.54 Å². The SMILES string of the molecule is CCNC(=NCc1nnc2ccccn12)NCc1ccc(CC)s1.I. The Morgan fingerprint density at radius 3 is 2.72 bits per heavy atom. The summed E-state index contributed by atoms with van der Waals surface area (Å²) in [5.41, 5.74) is 0.839. The lowest BCUT2D eigenvalue weighted by molar-refractivity contribution is 0.804. The minimum atomic E-state index is 0. The molecule has 0 aliphatic heterocycles. The third kappa shape index (κ3) is 5.15. The van der Waals surface area contributed by atoms with Gasteiger partial charge in [0.25, 0.3) is 0 Å². The van der Waals surface area contributed by atoms with Crippen LogP contribution in [0.4, 0.5) is 0 Å². The van der Waals surface area contributed by atoms with Crippen LogP contribution in [0.2, 0.25) is 0 Å². The predicted molar refractivity (Wildman–Crippen MR) is 114 cm³/mol. The summed E-state index contributed by atoms with van der Waals surface area (Å²) < 4.78 is 1.96. The van der Waals surface area contributed by atoms with Crippen LogP contribution in [0, 0.1) is 0 Å². The lowest BCUT2D eigenvalue weighted by atomic mass is 10.4. The van der Waals surface area contributed by atoms with E-state index < -0.39 is 0 Å². The van der Waals surface area contributed by atoms with Gasteiger partial charge in [0.05, 0.1) is 6.54 Å². The number of hydrogen-bond donors (Lipinski definition) is 2. The molecule has 0 saturated carbocycles. The fourth-order valence-corrected chi connectivity index (χ4v) is 3.27. The van der Waals surface area contributed by atoms with Crippen molar-refractivity contribution in [2.24, 2.45) is 4.99 Å². The van der Waals surface area contributed by atoms with Crippen LogP contribution in [-0.2, 0) is 19.5 Å². The maximum absolute atomic E-state index is 4.62. The van der Waals surface area contributed by atoms with Gasteiger partial charge in [-0.3, -0.25) is 4.40 Å². The fourth-order valence-electron chi connectivity index (χ4n) is 2.37. The maximum Gasteiger partial charge on any atom is 0.191 e. The van der Waals surface area contributed by atoms with Gasteiger partial charge in [-0.15, -0.1) is 45.5 Å². The lowest BCUT2D eigenvalue weighted by Gasteiger charge is -2.10. The van der Waals surface area contributed by atoms with Gasteiger partial charge in [-0.05, 0) is 37.6 Å². The van der Waals surface area contributed by atoms with Gasteiger partial charge in [0.2, 0.25) is 0 Å². The van der Waals surface area contributed by atoms with E-state index in [-0.39, 0.29) is 24.0 Å². The first kappa shape index (κ1) is 19.6. The minimum Gasteiger partial charge on any atom is -0.357 e. The van der Waals surface area contributed by atoms with Gasteiger partial charge in [0.1, 0.15) is 6.54 Å². The average molecular weight is 470 g/mol. The highest BCUT2D eigenvalue weighted by atomic mass is 127. The van der Waals surface area contributed by atoms with Crippen molar-refractivity contribution >= 4 is 46.9 Å². The number of aromatic nitrogens is 3. The second kappa shape index (κ2) is 9.71. The van der Waals surface area contributed by atoms with Crippen LogP contribution in [0.1, 0.15) is 29.4 Å². The van der Waals surface area contributed by atoms with Crippen LogP contribution in [0.5, 0.6) is 0 Å². The van der Waals surface area contributed by atoms with E-state index in [0.29, 0.717) is 6.54 Å². The summed E-state index contributed by atoms with van der Waals surface area (Å²) >= 11 is 1.84. The first-order valence-corrected chi connectivity index (χ1v) is 9.00. The highest BCUT2D eigenvalue weighted by molar-refractivity contribution is 14.0. The molecule has 0 saturated heterocycles. The van der Waals surface area contributed by atoms with E-state index >= 15 is 0 Å². The van der Waals surface area contributed by atoms with E-state index in [1.807, 2.05) is 40.1 Å². The molecule has 0 atom stereocenters. The first-order valence-electron chi connectivity index (χ1n) is 8.18. The molecular weight excluding hydrogens is 447 g/mol. The third-order valence-electron chi connectivity index (χ3n) is 3.60. The van der Waals surface area contributed by atoms with Gasteiger partial charge in [-0.1, -0.05) is 13.0 Å². The molecule has 3 aromatic heterocycles. The Morgan fingerprint density at radius 2 is 1.96 bits per heavy atom. The van der Waals surface area contributed by atoms with Crippen molar-refractivity contribution in [1.29, 1.82) is 0 Å². The monoisotopic (exact) mass is 470 g/mol. The van der Waals surface area contributed by atoms with Crippen molar-refractivity contribution in [1.82, 2.24) is 25.2 Å². The molecule has 0 bridgehead atoms. The Hall–Kier alpha value is -1.68. The van der Waals surface area contributed by atoms with Gasteiger partial charge >= 0.3 is 0 Å². The van der Waals surface area contributed by atoms with Crippen molar-refractivity contribution in [3.05, 3.63) is 52.1 Å². The minimum absolute atomic E-state index is 0. The number of aryl methyl sites for hydroxylation is 1. The molecule has 0 spiro atoms. The molecule has 0 amide bonds. The number of aliphatic imine (C=N–C) groups is 1. The van der Waals surface area contributed by atoms with Crippen LogP contribution >= 0.6 is 35.3 Å². The molecule has 134 valence electrons. The van der Waals surface area contributed by atoms with Gasteiger partial charge in [0.15, 0.2) is 17.4 Å². The molecule has 0 radical (unpaired) electrons. The second-order valence-corrected chi connectivity index (χ2v) is 6.57. The van der Waals surface area contributed by atoms with Crippen molar-refractivity contribution < 1.29 is 0 Å². The highest BCUT2D eigenvalue weighted by Crippen LogP contribution is 2.16. The molecule has 25 heavy (non-hydrogen) atoms. The number of guanidine groups is 1. The molecule has 2 N–H and O–H groups in total. The summed E-state index contributed by atoms with van der Waals surface area (Å²) in [7, 11) is 0. The zero-order valence-corrected chi connectivity index (χ0v) is 17.5. The summed E-state index contributed by atoms with van der Waals surface area (Å²) in [5.74, 6) is 1.61. The number of nitrogens with zero attached hydrogens (tertiary/aromatic N) is 4. The number of hydrogen-bond acceptors (Lipinski definition) is 4. The summed E-state index contributed by atoms with van der Waals surface area (Å²) in [5, 5.41) is 15.0. The normalized spacial score (nSPS) is 11.4. The fraction of sp³-hybridized carbons (Fsp3) is 0.353. The van der Waals surface area contributed by atoms with Crippen LogP contribution in [-0.4, -0.2) is 27.1 Å². The molecule has 8 heteroatoms. The molecule has 6 nitrogen and oxygen atoms in total. The standard InChI is InChI=1S/C17H22N6S.HI/c1-3-13-8-9-14(24-13)11-19-17(18-4-2)20-12-16-22-21-15-7-5-6-10-23(15)16;/h5-10H,3-4,11-12H2,1-2H3,(H2,18,19,20);1H. The summed E-state index contributed by atoms with van der Waals surface area (Å²) in [6.07, 6.45) is 3.04. The van der Waals surface area contributed by atoms with Crippen LogP contribution < -0.4 is 10.6 Å². The highest BCUT2D eigenvalue weighted by Gasteiger charge is 2.05. The Morgan fingerprint density at radius 1 is 1.12 bits per heavy atom. The smallest absolute Gasteiger partial charge is 0.191 e. The molecule has 3 heterocycles. The topological polar surface area (TPSA) is 66.6 Å². The largest absolute Gasteiger partial charge is 0.357 e. The molecule has 0 aromatic carbocycles. The number of pyridine rings is 1. The zero-order chi connectivity index (χ0) is 16.8. The molecular formula is C17H23IN6S. The molecule has 0 fully saturated rings. The maximum atomic E-state index is 4.62. The van der Waals surface area contributed by atoms with E-state index in [1.165, 1.54) is 9.75 Å². The van der Waals surface area contributed by atoms with E-state index in [2.05, 4.69) is 51.8 Å². The van der Waals surface area contributed by atoms with Crippen LogP contribution in [0.3, 0.4) is 0 Å². The Bertz CT molecular complexity index is 825. The Kier molecular flexibility index (Phi) is 7.63. The van der Waals surface area contributed by atoms with Gasteiger partial charge in [-0.25, -0.2) is 4.99 Å². The lowest BCUT2D eigenvalue weighted by Crippen LogP contribution is -2.36. The molecule has 3 aromatic rings. The van der Waals surface area contributed by atoms with Gasteiger partial charge < -0.3 is 10.6 Å². The summed E-state index contributed by atoms with van der Waals surface area (Å²) in [4.78, 5) is 7.34. The molecule has 0 unspecified atom stereocenters. The van der Waals surface area contributed by atoms with Crippen molar-refractivity contribution in [2.45, 2.75) is 33.4 Å². The van der Waals surface area contributed by atoms with Crippen molar-refractivity contribution in [3.8, 4) is 0 Å². The van der Waals surface area contributed by atoms with Crippen molar-refractivity contribution in [3.63, 3.8) is 0 Å². The number of fused-ring (bicyclic) bond motifs is 1. The van der Waals surface area contributed by atoms with E-state index in [0.717, 1.165) is 36.9 Å². The van der Waals surface area contributed by atoms with Crippen LogP contribution in [0.25, 0.3) is 5.65 Å². The quantitative estimate of drug-likeness (QED) is 0.330. The molecule has 0 aliphatic carbocycles. The van der Waals surface area contributed by atoms with Gasteiger partial charge in [-0.2, -0.15) is 0 Å². The van der Waals surface area contributed by atoms with Gasteiger partial charge in [0, 0.05) is 22.5 Å².